The Bertz CT molecular complexity index is 1450. The highest BCUT2D eigenvalue weighted by Gasteiger charge is 2.46. The third-order valence-corrected chi connectivity index (χ3v) is 10.2. The van der Waals surface area contributed by atoms with Gasteiger partial charge in [0.25, 0.3) is 8.60 Å². The minimum Gasteiger partial charge on any atom is -0.628 e. The lowest BCUT2D eigenvalue weighted by Gasteiger charge is -2.37. The molecule has 0 amide bonds. The highest BCUT2D eigenvalue weighted by atomic mass is 31.2. The summed E-state index contributed by atoms with van der Waals surface area (Å²) in [5.74, 6) is 1.48. The lowest BCUT2D eigenvalue weighted by molar-refractivity contribution is -1.08. The number of hydroxylamine groups is 3. The number of ether oxygens (including phenoxy) is 4. The van der Waals surface area contributed by atoms with Crippen LogP contribution in [0.15, 0.2) is 103 Å². The van der Waals surface area contributed by atoms with Crippen molar-refractivity contribution in [2.45, 2.75) is 51.1 Å². The zero-order valence-electron chi connectivity index (χ0n) is 27.8. The van der Waals surface area contributed by atoms with Crippen LogP contribution in [0.1, 0.15) is 43.9 Å². The Labute approximate surface area is 279 Å². The number of hydrogen-bond acceptors (Lipinski definition) is 8. The van der Waals surface area contributed by atoms with Gasteiger partial charge in [-0.1, -0.05) is 54.6 Å². The topological polar surface area (TPSA) is 92.5 Å². The van der Waals surface area contributed by atoms with Gasteiger partial charge in [0.15, 0.2) is 0 Å². The van der Waals surface area contributed by atoms with Gasteiger partial charge in [-0.3, -0.25) is 0 Å². The van der Waals surface area contributed by atoms with Crippen LogP contribution in [0.25, 0.3) is 0 Å². The van der Waals surface area contributed by atoms with E-state index in [-0.39, 0.29) is 17.4 Å². The molecule has 5 rings (SSSR count). The summed E-state index contributed by atoms with van der Waals surface area (Å²) in [5, 5.41) is 0. The predicted molar refractivity (Wildman–Crippen MR) is 183 cm³/mol. The molecule has 4 atom stereocenters. The second kappa shape index (κ2) is 16.1. The lowest BCUT2D eigenvalue weighted by atomic mass is 9.80. The average Bonchev–Trinajstić information content (AvgIpc) is 3.54. The Hall–Kier alpha value is -3.40. The van der Waals surface area contributed by atoms with Gasteiger partial charge in [0, 0.05) is 12.5 Å². The molecule has 0 aliphatic carbocycles. The summed E-state index contributed by atoms with van der Waals surface area (Å²) in [6.45, 7) is 8.26. The second-order valence-electron chi connectivity index (χ2n) is 11.5. The average molecular weight is 662 g/mol. The summed E-state index contributed by atoms with van der Waals surface area (Å²) in [6, 6.07) is 25.9. The lowest BCUT2D eigenvalue weighted by Crippen LogP contribution is -2.47. The van der Waals surface area contributed by atoms with Crippen molar-refractivity contribution in [1.82, 2.24) is 4.99 Å². The largest absolute Gasteiger partial charge is 0.628 e. The number of rotatable bonds is 16. The Kier molecular flexibility index (Phi) is 12.0. The van der Waals surface area contributed by atoms with Gasteiger partial charge in [-0.2, -0.15) is 0 Å². The van der Waals surface area contributed by atoms with E-state index >= 15 is 0 Å². The zero-order valence-corrected chi connectivity index (χ0v) is 28.8. The van der Waals surface area contributed by atoms with Crippen molar-refractivity contribution in [2.24, 2.45) is 0 Å². The predicted octanol–water partition coefficient (Wildman–Crippen LogP) is 5.54. The first-order valence-corrected chi connectivity index (χ1v) is 17.4. The van der Waals surface area contributed by atoms with Gasteiger partial charge in [-0.15, -0.1) is 4.65 Å². The van der Waals surface area contributed by atoms with E-state index in [2.05, 4.69) is 17.1 Å². The summed E-state index contributed by atoms with van der Waals surface area (Å²) < 4.78 is 37.3. The van der Waals surface area contributed by atoms with Gasteiger partial charge in [-0.25, -0.2) is 4.52 Å². The number of aliphatic imine (C=N–C) groups is 1. The van der Waals surface area contributed by atoms with Crippen LogP contribution in [0.3, 0.4) is 0 Å². The molecule has 249 valence electrons. The fourth-order valence-corrected chi connectivity index (χ4v) is 7.46. The Balaban J connectivity index is 1.52. The monoisotopic (exact) mass is 661 g/mol. The van der Waals surface area contributed by atoms with E-state index in [4.69, 9.17) is 28.1 Å². The molecule has 0 spiro atoms. The van der Waals surface area contributed by atoms with Crippen LogP contribution in [0.2, 0.25) is 0 Å². The van der Waals surface area contributed by atoms with Gasteiger partial charge >= 0.3 is 0 Å². The SMILES string of the molecule is CC[N+](CC)(CC)O[PH+]([O-])O[C@H]1C[C@H](C2=C[N+]=CC=C2)O[C@@H]1COC(c1ccccc1)(c1ccc(OC)cc1)c1ccc(OC)cc1. The molecule has 1 radical (unpaired) electrons. The van der Waals surface area contributed by atoms with Crippen molar-refractivity contribution in [3.05, 3.63) is 119 Å². The van der Waals surface area contributed by atoms with Gasteiger partial charge in [0.05, 0.1) is 37.5 Å². The van der Waals surface area contributed by atoms with Gasteiger partial charge in [0.1, 0.15) is 48.9 Å². The smallest absolute Gasteiger partial charge is 0.294 e. The highest BCUT2D eigenvalue weighted by molar-refractivity contribution is 7.38. The fourth-order valence-electron chi connectivity index (χ4n) is 6.22. The van der Waals surface area contributed by atoms with Crippen LogP contribution in [0, 0.1) is 0 Å². The normalized spacial score (nSPS) is 20.2. The van der Waals surface area contributed by atoms with Crippen molar-refractivity contribution in [3.63, 3.8) is 0 Å². The first-order valence-electron chi connectivity index (χ1n) is 16.2. The molecule has 0 saturated carbocycles. The summed E-state index contributed by atoms with van der Waals surface area (Å²) >= 11 is 0. The number of hydrogen-bond donors (Lipinski definition) is 0. The minimum absolute atomic E-state index is 0.138. The highest BCUT2D eigenvalue weighted by Crippen LogP contribution is 2.44. The number of quaternary nitrogens is 1. The van der Waals surface area contributed by atoms with E-state index in [9.17, 15) is 4.89 Å². The standard InChI is InChI=1S/C37H46N2O7P/c1-6-39(7-2,8-3)46-47(40)45-35-25-34(28-13-12-24-38-26-28)44-36(35)27-43-37(29-14-10-9-11-15-29,30-16-20-32(41-4)21-17-30)31-18-22-33(42-5)23-19-31/h9-24,26,34-36,47H,6-8,25,27H2,1-5H3/q+2/t34-,35+,36-/m1/s1. The molecule has 1 saturated heterocycles. The summed E-state index contributed by atoms with van der Waals surface area (Å²) in [5.41, 5.74) is 2.62. The van der Waals surface area contributed by atoms with Crippen LogP contribution in [-0.4, -0.2) is 69.6 Å². The van der Waals surface area contributed by atoms with Crippen molar-refractivity contribution in [2.75, 3.05) is 40.5 Å². The zero-order chi connectivity index (χ0) is 33.3. The van der Waals surface area contributed by atoms with Crippen LogP contribution in [0.4, 0.5) is 0 Å². The molecule has 0 N–H and O–H groups in total. The van der Waals surface area contributed by atoms with Gasteiger partial charge in [0.2, 0.25) is 12.4 Å². The van der Waals surface area contributed by atoms with Crippen molar-refractivity contribution in [3.8, 4) is 11.5 Å². The van der Waals surface area contributed by atoms with E-state index in [1.54, 1.807) is 26.6 Å². The number of allylic oxidation sites excluding steroid dienone is 1. The maximum absolute atomic E-state index is 13.5. The number of nitrogens with zero attached hydrogens (tertiary/aromatic N) is 2. The van der Waals surface area contributed by atoms with Crippen LogP contribution >= 0.6 is 8.60 Å². The Morgan fingerprint density at radius 3 is 1.94 bits per heavy atom. The van der Waals surface area contributed by atoms with Gasteiger partial charge in [-0.05, 0) is 72.4 Å². The molecule has 10 heteroatoms. The molecule has 3 aromatic carbocycles. The maximum atomic E-state index is 13.5. The quantitative estimate of drug-likeness (QED) is 0.0862. The fraction of sp³-hybridized carbons (Fsp3) is 0.378. The van der Waals surface area contributed by atoms with Crippen LogP contribution < -0.4 is 19.4 Å². The van der Waals surface area contributed by atoms with Crippen LogP contribution in [-0.2, 0) is 24.2 Å². The molecular formula is C37H46N2O7P+2. The summed E-state index contributed by atoms with van der Waals surface area (Å²) in [4.78, 5) is 17.8. The van der Waals surface area contributed by atoms with E-state index in [0.717, 1.165) is 33.8 Å². The van der Waals surface area contributed by atoms with E-state index < -0.39 is 26.4 Å². The first kappa shape index (κ1) is 34.9. The third kappa shape index (κ3) is 7.85. The van der Waals surface area contributed by atoms with Crippen molar-refractivity contribution < 1.29 is 37.6 Å². The molecular weight excluding hydrogens is 615 g/mol. The van der Waals surface area contributed by atoms with Gasteiger partial charge < -0.3 is 23.8 Å². The molecule has 9 nitrogen and oxygen atoms in total. The number of methoxy groups -OCH3 is 2. The first-order chi connectivity index (χ1) is 22.9. The minimum atomic E-state index is -2.88. The Morgan fingerprint density at radius 1 is 0.851 bits per heavy atom. The molecule has 47 heavy (non-hydrogen) atoms. The summed E-state index contributed by atoms with van der Waals surface area (Å²) in [6.07, 6.45) is 6.46. The Morgan fingerprint density at radius 2 is 1.43 bits per heavy atom. The molecule has 1 unspecified atom stereocenters. The molecule has 3 aromatic rings. The van der Waals surface area contributed by atoms with Crippen LogP contribution in [0.5, 0.6) is 11.5 Å². The molecule has 2 aliphatic heterocycles. The summed E-state index contributed by atoms with van der Waals surface area (Å²) in [7, 11) is 0.415. The van der Waals surface area contributed by atoms with E-state index in [1.165, 1.54) is 0 Å². The maximum Gasteiger partial charge on any atom is 0.294 e. The van der Waals surface area contributed by atoms with E-state index in [1.807, 2.05) is 99.7 Å². The number of benzene rings is 3. The third-order valence-electron chi connectivity index (χ3n) is 9.14. The molecule has 0 bridgehead atoms. The molecule has 2 heterocycles. The molecule has 0 aromatic heterocycles. The van der Waals surface area contributed by atoms with Crippen molar-refractivity contribution >= 4 is 14.8 Å². The second-order valence-corrected chi connectivity index (χ2v) is 12.4. The molecule has 2 aliphatic rings. The van der Waals surface area contributed by atoms with Crippen molar-refractivity contribution in [1.29, 1.82) is 0 Å². The molecule has 1 fully saturated rings. The van der Waals surface area contributed by atoms with E-state index in [0.29, 0.717) is 26.1 Å².